The maximum absolute atomic E-state index is 12.4. The maximum Gasteiger partial charge on any atom is 0.231 e. The summed E-state index contributed by atoms with van der Waals surface area (Å²) in [5, 5.41) is 14.9. The van der Waals surface area contributed by atoms with Crippen LogP contribution in [0.15, 0.2) is 29.4 Å². The van der Waals surface area contributed by atoms with E-state index in [1.165, 1.54) is 25.6 Å². The van der Waals surface area contributed by atoms with Crippen LogP contribution >= 0.6 is 11.8 Å². The molecule has 0 bridgehead atoms. The van der Waals surface area contributed by atoms with Crippen molar-refractivity contribution in [3.8, 4) is 5.69 Å². The van der Waals surface area contributed by atoms with E-state index in [1.54, 1.807) is 0 Å². The Hall–Kier alpha value is -2.68. The topological polar surface area (TPSA) is 106 Å². The lowest BCUT2D eigenvalue weighted by Gasteiger charge is -2.19. The number of carbonyl (C=O) groups is 3. The van der Waals surface area contributed by atoms with Gasteiger partial charge >= 0.3 is 0 Å². The van der Waals surface area contributed by atoms with E-state index in [1.807, 2.05) is 42.7 Å². The van der Waals surface area contributed by atoms with Crippen molar-refractivity contribution < 1.29 is 14.4 Å². The molecule has 1 fully saturated rings. The number of Topliss-reactive ketones (excluding diaryl/α,β-unsaturated/α-hetero) is 1. The van der Waals surface area contributed by atoms with Gasteiger partial charge in [-0.05, 0) is 43.9 Å². The van der Waals surface area contributed by atoms with Gasteiger partial charge in [-0.15, -0.1) is 10.2 Å². The highest BCUT2D eigenvalue weighted by Crippen LogP contribution is 2.41. The minimum Gasteiger partial charge on any atom is -0.345 e. The molecule has 1 heterocycles. The van der Waals surface area contributed by atoms with Crippen LogP contribution in [0.25, 0.3) is 5.69 Å². The number of amides is 2. The molecule has 3 rings (SSSR count). The van der Waals surface area contributed by atoms with E-state index in [0.717, 1.165) is 24.4 Å². The van der Waals surface area contributed by atoms with Gasteiger partial charge in [-0.25, -0.2) is 0 Å². The molecule has 1 unspecified atom stereocenters. The van der Waals surface area contributed by atoms with Gasteiger partial charge in [-0.1, -0.05) is 31.7 Å². The van der Waals surface area contributed by atoms with E-state index in [-0.39, 0.29) is 29.3 Å². The number of benzene rings is 1. The summed E-state index contributed by atoms with van der Waals surface area (Å²) in [6, 6.07) is 6.98. The van der Waals surface area contributed by atoms with Crippen LogP contribution in [0.3, 0.4) is 0 Å². The minimum atomic E-state index is -0.493. The average Bonchev–Trinajstić information content (AvgIpc) is 3.43. The number of anilines is 1. The molecule has 1 aliphatic carbocycles. The number of rotatable bonds is 9. The van der Waals surface area contributed by atoms with Gasteiger partial charge in [0.15, 0.2) is 10.9 Å². The standard InChI is InChI=1S/C21H27N5O3S/c1-12(2)19(13(3)27)23-18(29)11-30-21-25-24-20(15-8-9-15)26(21)17-7-5-6-16(10-17)22-14(4)28/h5-7,10,12,15,19H,8-9,11H2,1-4H3,(H,22,28)(H,23,29). The van der Waals surface area contributed by atoms with Crippen molar-refractivity contribution in [3.63, 3.8) is 0 Å². The Morgan fingerprint density at radius 2 is 1.93 bits per heavy atom. The highest BCUT2D eigenvalue weighted by atomic mass is 32.2. The van der Waals surface area contributed by atoms with Crippen molar-refractivity contribution in [1.82, 2.24) is 20.1 Å². The quantitative estimate of drug-likeness (QED) is 0.594. The molecule has 30 heavy (non-hydrogen) atoms. The molecule has 2 N–H and O–H groups in total. The Labute approximate surface area is 180 Å². The Morgan fingerprint density at radius 1 is 1.20 bits per heavy atom. The number of thioether (sulfide) groups is 1. The SMILES string of the molecule is CC(=O)Nc1cccc(-n2c(SCC(=O)NC(C(C)=O)C(C)C)nnc2C2CC2)c1. The zero-order valence-corrected chi connectivity index (χ0v) is 18.5. The zero-order valence-electron chi connectivity index (χ0n) is 17.6. The summed E-state index contributed by atoms with van der Waals surface area (Å²) in [4.78, 5) is 35.6. The smallest absolute Gasteiger partial charge is 0.231 e. The molecular formula is C21H27N5O3S. The summed E-state index contributed by atoms with van der Waals surface area (Å²) in [7, 11) is 0. The number of hydrogen-bond donors (Lipinski definition) is 2. The lowest BCUT2D eigenvalue weighted by molar-refractivity contribution is -0.126. The summed E-state index contributed by atoms with van der Waals surface area (Å²) in [5.74, 6) is 0.952. The van der Waals surface area contributed by atoms with Gasteiger partial charge < -0.3 is 10.6 Å². The summed E-state index contributed by atoms with van der Waals surface area (Å²) >= 11 is 1.28. The first-order valence-electron chi connectivity index (χ1n) is 10.0. The van der Waals surface area contributed by atoms with Gasteiger partial charge in [0.2, 0.25) is 11.8 Å². The molecular weight excluding hydrogens is 402 g/mol. The third-order valence-corrected chi connectivity index (χ3v) is 5.71. The molecule has 0 radical (unpaired) electrons. The molecule has 0 spiro atoms. The second kappa shape index (κ2) is 9.42. The van der Waals surface area contributed by atoms with Crippen molar-refractivity contribution in [1.29, 1.82) is 0 Å². The van der Waals surface area contributed by atoms with E-state index in [9.17, 15) is 14.4 Å². The zero-order chi connectivity index (χ0) is 21.8. The monoisotopic (exact) mass is 429 g/mol. The molecule has 1 atom stereocenters. The van der Waals surface area contributed by atoms with Crippen LogP contribution in [-0.4, -0.2) is 44.2 Å². The number of aromatic nitrogens is 3. The van der Waals surface area contributed by atoms with Crippen molar-refractivity contribution in [2.75, 3.05) is 11.1 Å². The second-order valence-corrected chi connectivity index (χ2v) is 8.81. The lowest BCUT2D eigenvalue weighted by Crippen LogP contribution is -2.44. The van der Waals surface area contributed by atoms with Gasteiger partial charge in [0, 0.05) is 18.5 Å². The summed E-state index contributed by atoms with van der Waals surface area (Å²) < 4.78 is 1.95. The van der Waals surface area contributed by atoms with Crippen LogP contribution in [0.4, 0.5) is 5.69 Å². The third-order valence-electron chi connectivity index (χ3n) is 4.78. The van der Waals surface area contributed by atoms with Crippen molar-refractivity contribution in [2.24, 2.45) is 5.92 Å². The Bertz CT molecular complexity index is 952. The summed E-state index contributed by atoms with van der Waals surface area (Å²) in [6.07, 6.45) is 2.12. The van der Waals surface area contributed by atoms with Crippen LogP contribution in [0.2, 0.25) is 0 Å². The number of nitrogens with zero attached hydrogens (tertiary/aromatic N) is 3. The van der Waals surface area contributed by atoms with E-state index < -0.39 is 6.04 Å². The van der Waals surface area contributed by atoms with Crippen LogP contribution in [0.1, 0.15) is 52.3 Å². The first kappa shape index (κ1) is 22.0. The number of nitrogens with one attached hydrogen (secondary N) is 2. The molecule has 160 valence electrons. The molecule has 1 aromatic heterocycles. The highest BCUT2D eigenvalue weighted by Gasteiger charge is 2.31. The Balaban J connectivity index is 1.79. The number of hydrogen-bond acceptors (Lipinski definition) is 6. The van der Waals surface area contributed by atoms with E-state index in [0.29, 0.717) is 16.8 Å². The lowest BCUT2D eigenvalue weighted by atomic mass is 10.0. The second-order valence-electron chi connectivity index (χ2n) is 7.87. The average molecular weight is 430 g/mol. The fourth-order valence-electron chi connectivity index (χ4n) is 3.23. The molecule has 2 amide bonds. The largest absolute Gasteiger partial charge is 0.345 e. The third kappa shape index (κ3) is 5.47. The van der Waals surface area contributed by atoms with Gasteiger partial charge in [0.1, 0.15) is 5.82 Å². The molecule has 8 nitrogen and oxygen atoms in total. The molecule has 2 aromatic rings. The van der Waals surface area contributed by atoms with Crippen LogP contribution in [-0.2, 0) is 14.4 Å². The predicted molar refractivity (Wildman–Crippen MR) is 116 cm³/mol. The van der Waals surface area contributed by atoms with E-state index in [2.05, 4.69) is 20.8 Å². The van der Waals surface area contributed by atoms with Crippen LogP contribution < -0.4 is 10.6 Å². The fraction of sp³-hybridized carbons (Fsp3) is 0.476. The van der Waals surface area contributed by atoms with Crippen molar-refractivity contribution in [2.45, 2.75) is 57.7 Å². The first-order valence-corrected chi connectivity index (χ1v) is 11.0. The Kier molecular flexibility index (Phi) is 6.91. The van der Waals surface area contributed by atoms with Gasteiger partial charge in [-0.2, -0.15) is 0 Å². The predicted octanol–water partition coefficient (Wildman–Crippen LogP) is 2.93. The molecule has 0 saturated heterocycles. The minimum absolute atomic E-state index is 0.0260. The summed E-state index contributed by atoms with van der Waals surface area (Å²) in [6.45, 7) is 6.76. The van der Waals surface area contributed by atoms with Crippen LogP contribution in [0.5, 0.6) is 0 Å². The molecule has 0 aliphatic heterocycles. The summed E-state index contributed by atoms with van der Waals surface area (Å²) in [5.41, 5.74) is 1.52. The molecule has 1 saturated carbocycles. The van der Waals surface area contributed by atoms with E-state index >= 15 is 0 Å². The maximum atomic E-state index is 12.4. The van der Waals surface area contributed by atoms with E-state index in [4.69, 9.17) is 0 Å². The van der Waals surface area contributed by atoms with Crippen molar-refractivity contribution >= 4 is 35.0 Å². The van der Waals surface area contributed by atoms with Gasteiger partial charge in [0.25, 0.3) is 0 Å². The first-order chi connectivity index (χ1) is 14.3. The normalized spacial score (nSPS) is 14.4. The molecule has 1 aromatic carbocycles. The highest BCUT2D eigenvalue weighted by molar-refractivity contribution is 7.99. The van der Waals surface area contributed by atoms with Gasteiger partial charge in [0.05, 0.1) is 17.5 Å². The Morgan fingerprint density at radius 3 is 2.53 bits per heavy atom. The molecule has 1 aliphatic rings. The molecule has 9 heteroatoms. The fourth-order valence-corrected chi connectivity index (χ4v) is 4.00. The van der Waals surface area contributed by atoms with Crippen LogP contribution in [0, 0.1) is 5.92 Å². The van der Waals surface area contributed by atoms with Crippen molar-refractivity contribution in [3.05, 3.63) is 30.1 Å². The number of carbonyl (C=O) groups excluding carboxylic acids is 3. The number of ketones is 1. The van der Waals surface area contributed by atoms with Gasteiger partial charge in [-0.3, -0.25) is 19.0 Å².